The topological polar surface area (TPSA) is 6.48 Å². The molecule has 0 radical (unpaired) electrons. The summed E-state index contributed by atoms with van der Waals surface area (Å²) in [6.45, 7) is 13.9. The summed E-state index contributed by atoms with van der Waals surface area (Å²) in [4.78, 5) is 4.78. The van der Waals surface area contributed by atoms with Gasteiger partial charge in [-0.1, -0.05) is 161 Å². The Morgan fingerprint density at radius 2 is 0.683 bits per heavy atom. The number of aryl methyl sites for hydroxylation is 2. The van der Waals surface area contributed by atoms with Crippen LogP contribution < -0.4 is 9.80 Å². The zero-order valence-corrected chi connectivity index (χ0v) is 35.4. The zero-order valence-electron chi connectivity index (χ0n) is 35.4. The van der Waals surface area contributed by atoms with Crippen molar-refractivity contribution in [1.82, 2.24) is 0 Å². The van der Waals surface area contributed by atoms with E-state index in [2.05, 4.69) is 245 Å². The summed E-state index contributed by atoms with van der Waals surface area (Å²) in [6, 6.07) is 66.8. The quantitative estimate of drug-likeness (QED) is 0.142. The fourth-order valence-corrected chi connectivity index (χ4v) is 9.80. The normalized spacial score (nSPS) is 14.0. The van der Waals surface area contributed by atoms with Crippen LogP contribution >= 0.6 is 0 Å². The SMILES string of the molecule is Cc1ccccc1N(c1ccc2c(c1)C(C)(C)c1cc(/C=C/c3ccc4c(c3)C(C)(C)c3cc(N(c5ccccc5)c5ccccc5)ccc3-4)ccc1-2)c1ccccc1C. The molecular weight excluding hydrogens is 725 g/mol. The molecule has 2 nitrogen and oxygen atoms in total. The summed E-state index contributed by atoms with van der Waals surface area (Å²) < 4.78 is 0. The highest BCUT2D eigenvalue weighted by molar-refractivity contribution is 5.89. The maximum Gasteiger partial charge on any atom is 0.0490 e. The Morgan fingerprint density at radius 1 is 0.333 bits per heavy atom. The fourth-order valence-electron chi connectivity index (χ4n) is 9.80. The maximum atomic E-state index is 2.43. The van der Waals surface area contributed by atoms with Crippen molar-refractivity contribution in [1.29, 1.82) is 0 Å². The number of hydrogen-bond acceptors (Lipinski definition) is 2. The highest BCUT2D eigenvalue weighted by Crippen LogP contribution is 2.53. The molecule has 292 valence electrons. The van der Waals surface area contributed by atoms with Crippen molar-refractivity contribution in [3.05, 3.63) is 226 Å². The summed E-state index contributed by atoms with van der Waals surface area (Å²) >= 11 is 0. The molecule has 2 heteroatoms. The van der Waals surface area contributed by atoms with E-state index in [4.69, 9.17) is 0 Å². The largest absolute Gasteiger partial charge is 0.310 e. The van der Waals surface area contributed by atoms with Gasteiger partial charge in [-0.25, -0.2) is 0 Å². The summed E-state index contributed by atoms with van der Waals surface area (Å²) in [7, 11) is 0. The Kier molecular flexibility index (Phi) is 8.99. The first-order chi connectivity index (χ1) is 29.1. The van der Waals surface area contributed by atoms with E-state index in [0.717, 1.165) is 11.4 Å². The van der Waals surface area contributed by atoms with E-state index in [1.165, 1.54) is 89.5 Å². The molecule has 2 aliphatic rings. The molecule has 0 fully saturated rings. The van der Waals surface area contributed by atoms with Crippen LogP contribution in [0.1, 0.15) is 72.2 Å². The smallest absolute Gasteiger partial charge is 0.0490 e. The molecule has 0 saturated heterocycles. The van der Waals surface area contributed by atoms with Crippen LogP contribution in [0, 0.1) is 13.8 Å². The van der Waals surface area contributed by atoms with Gasteiger partial charge in [-0.05, 0) is 141 Å². The molecule has 0 N–H and O–H groups in total. The minimum atomic E-state index is -0.160. The van der Waals surface area contributed by atoms with E-state index in [-0.39, 0.29) is 10.8 Å². The third-order valence-corrected chi connectivity index (χ3v) is 13.1. The Hall–Kier alpha value is -6.90. The number of rotatable bonds is 8. The predicted molar refractivity (Wildman–Crippen MR) is 256 cm³/mol. The van der Waals surface area contributed by atoms with Crippen LogP contribution in [0.3, 0.4) is 0 Å². The van der Waals surface area contributed by atoms with Crippen LogP contribution in [-0.4, -0.2) is 0 Å². The summed E-state index contributed by atoms with van der Waals surface area (Å²) in [6.07, 6.45) is 4.57. The minimum Gasteiger partial charge on any atom is -0.310 e. The monoisotopic (exact) mass is 774 g/mol. The first-order valence-electron chi connectivity index (χ1n) is 21.2. The summed E-state index contributed by atoms with van der Waals surface area (Å²) in [5, 5.41) is 0. The lowest BCUT2D eigenvalue weighted by Gasteiger charge is -2.30. The van der Waals surface area contributed by atoms with E-state index in [1.54, 1.807) is 0 Å². The van der Waals surface area contributed by atoms with E-state index in [0.29, 0.717) is 0 Å². The molecule has 2 aliphatic carbocycles. The van der Waals surface area contributed by atoms with Gasteiger partial charge in [-0.15, -0.1) is 0 Å². The molecule has 0 bridgehead atoms. The molecule has 0 aromatic heterocycles. The molecule has 0 atom stereocenters. The first-order valence-corrected chi connectivity index (χ1v) is 21.2. The molecule has 0 saturated carbocycles. The molecule has 8 aromatic carbocycles. The number of fused-ring (bicyclic) bond motifs is 6. The number of hydrogen-bond donors (Lipinski definition) is 0. The molecule has 0 spiro atoms. The number of benzene rings is 8. The average Bonchev–Trinajstić information content (AvgIpc) is 3.63. The van der Waals surface area contributed by atoms with Crippen LogP contribution in [0.15, 0.2) is 182 Å². The van der Waals surface area contributed by atoms with E-state index < -0.39 is 0 Å². The lowest BCUT2D eigenvalue weighted by molar-refractivity contribution is 0.660. The highest BCUT2D eigenvalue weighted by atomic mass is 15.1. The van der Waals surface area contributed by atoms with E-state index in [1.807, 2.05) is 0 Å². The molecular formula is C58H50N2. The molecule has 0 heterocycles. The average molecular weight is 775 g/mol. The Morgan fingerprint density at radius 3 is 1.10 bits per heavy atom. The zero-order chi connectivity index (χ0) is 41.2. The Labute approximate surface area is 355 Å². The third kappa shape index (κ3) is 6.18. The van der Waals surface area contributed by atoms with Gasteiger partial charge in [0.1, 0.15) is 0 Å². The molecule has 10 rings (SSSR count). The maximum absolute atomic E-state index is 2.43. The second-order valence-electron chi connectivity index (χ2n) is 17.6. The van der Waals surface area contributed by atoms with Crippen molar-refractivity contribution in [3.63, 3.8) is 0 Å². The van der Waals surface area contributed by atoms with Crippen LogP contribution in [0.25, 0.3) is 34.4 Å². The second kappa shape index (κ2) is 14.4. The van der Waals surface area contributed by atoms with Gasteiger partial charge in [0.25, 0.3) is 0 Å². The first kappa shape index (κ1) is 37.4. The third-order valence-electron chi connectivity index (χ3n) is 13.1. The Balaban J connectivity index is 0.949. The van der Waals surface area contributed by atoms with Crippen LogP contribution in [0.4, 0.5) is 34.1 Å². The standard InChI is InChI=1S/C58H50N2/c1-39-17-13-15-23-55(39)60(56-24-16-14-18-40(56)2)46-30-34-50-48-32-28-42(36-52(48)58(5,6)54(50)38-46)26-25-41-27-31-47-49-33-29-45(37-53(49)57(3,4)51(47)35-41)59(43-19-9-7-10-20-43)44-21-11-8-12-22-44/h7-38H,1-6H3/b26-25+. The van der Waals surface area contributed by atoms with Crippen molar-refractivity contribution in [3.8, 4) is 22.3 Å². The van der Waals surface area contributed by atoms with Crippen molar-refractivity contribution in [2.75, 3.05) is 9.80 Å². The van der Waals surface area contributed by atoms with E-state index >= 15 is 0 Å². The lowest BCUT2D eigenvalue weighted by Crippen LogP contribution is -2.17. The van der Waals surface area contributed by atoms with Crippen molar-refractivity contribution >= 4 is 46.3 Å². The number of anilines is 6. The molecule has 0 unspecified atom stereocenters. The lowest BCUT2D eigenvalue weighted by atomic mass is 9.81. The molecule has 0 amide bonds. The van der Waals surface area contributed by atoms with Gasteiger partial charge in [0.15, 0.2) is 0 Å². The summed E-state index contributed by atoms with van der Waals surface area (Å²) in [5.74, 6) is 0. The number of para-hydroxylation sites is 4. The van der Waals surface area contributed by atoms with Crippen LogP contribution in [0.2, 0.25) is 0 Å². The van der Waals surface area contributed by atoms with Gasteiger partial charge in [-0.3, -0.25) is 0 Å². The predicted octanol–water partition coefficient (Wildman–Crippen LogP) is 16.0. The molecule has 8 aromatic rings. The fraction of sp³-hybridized carbons (Fsp3) is 0.138. The summed E-state index contributed by atoms with van der Waals surface area (Å²) in [5.41, 5.74) is 22.4. The Bertz CT molecular complexity index is 2870. The van der Waals surface area contributed by atoms with Gasteiger partial charge in [0.2, 0.25) is 0 Å². The number of nitrogens with zero attached hydrogens (tertiary/aromatic N) is 2. The van der Waals surface area contributed by atoms with Gasteiger partial charge >= 0.3 is 0 Å². The van der Waals surface area contributed by atoms with E-state index in [9.17, 15) is 0 Å². The van der Waals surface area contributed by atoms with Gasteiger partial charge in [0.05, 0.1) is 0 Å². The van der Waals surface area contributed by atoms with Crippen molar-refractivity contribution < 1.29 is 0 Å². The van der Waals surface area contributed by atoms with Crippen LogP contribution in [0.5, 0.6) is 0 Å². The van der Waals surface area contributed by atoms with Crippen LogP contribution in [-0.2, 0) is 10.8 Å². The van der Waals surface area contributed by atoms with Gasteiger partial charge in [0, 0.05) is 45.0 Å². The van der Waals surface area contributed by atoms with Crippen molar-refractivity contribution in [2.24, 2.45) is 0 Å². The highest BCUT2D eigenvalue weighted by Gasteiger charge is 2.38. The molecule has 0 aliphatic heterocycles. The minimum absolute atomic E-state index is 0.153. The van der Waals surface area contributed by atoms with Gasteiger partial charge < -0.3 is 9.80 Å². The van der Waals surface area contributed by atoms with Crippen molar-refractivity contribution in [2.45, 2.75) is 52.4 Å². The van der Waals surface area contributed by atoms with Gasteiger partial charge in [-0.2, -0.15) is 0 Å². The second-order valence-corrected chi connectivity index (χ2v) is 17.6. The molecule has 60 heavy (non-hydrogen) atoms.